The van der Waals surface area contributed by atoms with Crippen LogP contribution in [-0.2, 0) is 6.42 Å². The van der Waals surface area contributed by atoms with Crippen molar-refractivity contribution in [3.8, 4) is 0 Å². The first-order chi connectivity index (χ1) is 6.09. The van der Waals surface area contributed by atoms with Crippen molar-refractivity contribution in [3.05, 3.63) is 34.1 Å². The molecule has 0 aliphatic heterocycles. The number of hydrogen-bond acceptors (Lipinski definition) is 4. The first kappa shape index (κ1) is 9.60. The number of aliphatic hydroxyl groups excluding tert-OH is 1. The van der Waals surface area contributed by atoms with Crippen molar-refractivity contribution < 1.29 is 10.0 Å². The van der Waals surface area contributed by atoms with Gasteiger partial charge in [0.2, 0.25) is 0 Å². The lowest BCUT2D eigenvalue weighted by Gasteiger charge is -2.01. The first-order valence-electron chi connectivity index (χ1n) is 3.87. The SMILES string of the molecule is CC(O)Cc1cc([N+](=O)[O-])ccn1. The van der Waals surface area contributed by atoms with Crippen LogP contribution < -0.4 is 0 Å². The first-order valence-corrected chi connectivity index (χ1v) is 3.87. The van der Waals surface area contributed by atoms with Crippen LogP contribution in [0.5, 0.6) is 0 Å². The smallest absolute Gasteiger partial charge is 0.272 e. The van der Waals surface area contributed by atoms with Crippen molar-refractivity contribution >= 4 is 5.69 Å². The van der Waals surface area contributed by atoms with Crippen molar-refractivity contribution in [1.29, 1.82) is 0 Å². The minimum atomic E-state index is -0.533. The van der Waals surface area contributed by atoms with Crippen LogP contribution in [0.4, 0.5) is 5.69 Å². The Morgan fingerprint density at radius 1 is 1.77 bits per heavy atom. The van der Waals surface area contributed by atoms with Gasteiger partial charge in [0, 0.05) is 30.4 Å². The van der Waals surface area contributed by atoms with Gasteiger partial charge in [-0.2, -0.15) is 0 Å². The summed E-state index contributed by atoms with van der Waals surface area (Å²) in [6, 6.07) is 2.69. The van der Waals surface area contributed by atoms with E-state index in [9.17, 15) is 10.1 Å². The molecule has 1 N–H and O–H groups in total. The monoisotopic (exact) mass is 182 g/mol. The van der Waals surface area contributed by atoms with Gasteiger partial charge in [-0.25, -0.2) is 0 Å². The lowest BCUT2D eigenvalue weighted by atomic mass is 10.2. The van der Waals surface area contributed by atoms with Crippen LogP contribution in [0.15, 0.2) is 18.3 Å². The molecule has 5 nitrogen and oxygen atoms in total. The average molecular weight is 182 g/mol. The summed E-state index contributed by atoms with van der Waals surface area (Å²) >= 11 is 0. The molecule has 0 saturated heterocycles. The molecule has 1 rings (SSSR count). The highest BCUT2D eigenvalue weighted by Crippen LogP contribution is 2.11. The van der Waals surface area contributed by atoms with Gasteiger partial charge in [0.25, 0.3) is 5.69 Å². The van der Waals surface area contributed by atoms with Crippen LogP contribution in [0.2, 0.25) is 0 Å². The molecule has 1 aromatic rings. The fourth-order valence-corrected chi connectivity index (χ4v) is 0.993. The van der Waals surface area contributed by atoms with Crippen LogP contribution in [0, 0.1) is 10.1 Å². The van der Waals surface area contributed by atoms with E-state index in [1.54, 1.807) is 6.92 Å². The summed E-state index contributed by atoms with van der Waals surface area (Å²) in [5.74, 6) is 0. The Morgan fingerprint density at radius 3 is 3.00 bits per heavy atom. The standard InChI is InChI=1S/C8H10N2O3/c1-6(11)4-7-5-8(10(12)13)2-3-9-7/h2-3,5-6,11H,4H2,1H3. The third-order valence-electron chi connectivity index (χ3n) is 1.52. The molecular weight excluding hydrogens is 172 g/mol. The van der Waals surface area contributed by atoms with E-state index in [0.717, 1.165) is 0 Å². The molecule has 0 bridgehead atoms. The third kappa shape index (κ3) is 2.79. The number of hydrogen-bond donors (Lipinski definition) is 1. The topological polar surface area (TPSA) is 76.3 Å². The number of pyridine rings is 1. The molecule has 0 radical (unpaired) electrons. The van der Waals surface area contributed by atoms with E-state index in [1.807, 2.05) is 0 Å². The van der Waals surface area contributed by atoms with Gasteiger partial charge in [0.15, 0.2) is 0 Å². The maximum atomic E-state index is 10.4. The maximum Gasteiger partial charge on any atom is 0.272 e. The van der Waals surface area contributed by atoms with Crippen molar-refractivity contribution in [1.82, 2.24) is 4.98 Å². The number of nitro groups is 1. The lowest BCUT2D eigenvalue weighted by Crippen LogP contribution is -2.06. The van der Waals surface area contributed by atoms with Crippen molar-refractivity contribution in [3.63, 3.8) is 0 Å². The molecule has 0 aliphatic rings. The lowest BCUT2D eigenvalue weighted by molar-refractivity contribution is -0.385. The van der Waals surface area contributed by atoms with Gasteiger partial charge in [-0.3, -0.25) is 15.1 Å². The summed E-state index contributed by atoms with van der Waals surface area (Å²) in [6.07, 6.45) is 1.17. The number of rotatable bonds is 3. The zero-order chi connectivity index (χ0) is 9.84. The van der Waals surface area contributed by atoms with Crippen LogP contribution in [-0.4, -0.2) is 21.1 Å². The molecule has 0 spiro atoms. The Bertz CT molecular complexity index is 312. The summed E-state index contributed by atoms with van der Waals surface area (Å²) in [6.45, 7) is 1.61. The zero-order valence-corrected chi connectivity index (χ0v) is 7.17. The van der Waals surface area contributed by atoms with Gasteiger partial charge < -0.3 is 5.11 Å². The van der Waals surface area contributed by atoms with E-state index in [2.05, 4.69) is 4.98 Å². The van der Waals surface area contributed by atoms with E-state index >= 15 is 0 Å². The molecule has 13 heavy (non-hydrogen) atoms. The van der Waals surface area contributed by atoms with Crippen LogP contribution in [0.1, 0.15) is 12.6 Å². The van der Waals surface area contributed by atoms with Crippen LogP contribution >= 0.6 is 0 Å². The molecule has 1 heterocycles. The van der Waals surface area contributed by atoms with Crippen molar-refractivity contribution in [2.45, 2.75) is 19.4 Å². The quantitative estimate of drug-likeness (QED) is 0.556. The molecule has 0 aromatic carbocycles. The number of aromatic nitrogens is 1. The van der Waals surface area contributed by atoms with E-state index < -0.39 is 11.0 Å². The Kier molecular flexibility index (Phi) is 2.92. The Hall–Kier alpha value is -1.49. The number of aliphatic hydroxyl groups is 1. The molecule has 5 heteroatoms. The van der Waals surface area contributed by atoms with Crippen LogP contribution in [0.25, 0.3) is 0 Å². The van der Waals surface area contributed by atoms with Crippen molar-refractivity contribution in [2.75, 3.05) is 0 Å². The molecule has 1 unspecified atom stereocenters. The Morgan fingerprint density at radius 2 is 2.46 bits per heavy atom. The Balaban J connectivity index is 2.85. The minimum absolute atomic E-state index is 0.00523. The van der Waals surface area contributed by atoms with E-state index in [0.29, 0.717) is 12.1 Å². The van der Waals surface area contributed by atoms with Gasteiger partial charge in [-0.15, -0.1) is 0 Å². The minimum Gasteiger partial charge on any atom is -0.393 e. The van der Waals surface area contributed by atoms with Gasteiger partial charge in [0.1, 0.15) is 0 Å². The highest BCUT2D eigenvalue weighted by atomic mass is 16.6. The second-order valence-electron chi connectivity index (χ2n) is 2.82. The zero-order valence-electron chi connectivity index (χ0n) is 7.17. The largest absolute Gasteiger partial charge is 0.393 e. The molecule has 0 aliphatic carbocycles. The van der Waals surface area contributed by atoms with Gasteiger partial charge in [0.05, 0.1) is 11.0 Å². The second-order valence-corrected chi connectivity index (χ2v) is 2.82. The summed E-state index contributed by atoms with van der Waals surface area (Å²) in [4.78, 5) is 13.8. The molecule has 1 aromatic heterocycles. The molecule has 0 saturated carbocycles. The maximum absolute atomic E-state index is 10.4. The van der Waals surface area contributed by atoms with Gasteiger partial charge >= 0.3 is 0 Å². The summed E-state index contributed by atoms with van der Waals surface area (Å²) in [5.41, 5.74) is 0.537. The van der Waals surface area contributed by atoms with E-state index in [4.69, 9.17) is 5.11 Å². The molecule has 0 amide bonds. The van der Waals surface area contributed by atoms with Gasteiger partial charge in [-0.1, -0.05) is 0 Å². The summed E-state index contributed by atoms with van der Waals surface area (Å²) in [7, 11) is 0. The second kappa shape index (κ2) is 3.95. The Labute approximate surface area is 75.2 Å². The summed E-state index contributed by atoms with van der Waals surface area (Å²) in [5, 5.41) is 19.4. The van der Waals surface area contributed by atoms with E-state index in [-0.39, 0.29) is 5.69 Å². The molecule has 0 fully saturated rings. The van der Waals surface area contributed by atoms with Gasteiger partial charge in [-0.05, 0) is 6.92 Å². The van der Waals surface area contributed by atoms with Crippen LogP contribution in [0.3, 0.4) is 0 Å². The van der Waals surface area contributed by atoms with E-state index in [1.165, 1.54) is 18.3 Å². The molecule has 70 valence electrons. The highest BCUT2D eigenvalue weighted by Gasteiger charge is 2.07. The fourth-order valence-electron chi connectivity index (χ4n) is 0.993. The highest BCUT2D eigenvalue weighted by molar-refractivity contribution is 5.29. The molecule has 1 atom stereocenters. The normalized spacial score (nSPS) is 12.5. The fraction of sp³-hybridized carbons (Fsp3) is 0.375. The summed E-state index contributed by atoms with van der Waals surface area (Å²) < 4.78 is 0. The average Bonchev–Trinajstić information content (AvgIpc) is 2.03. The number of nitrogens with zero attached hydrogens (tertiary/aromatic N) is 2. The third-order valence-corrected chi connectivity index (χ3v) is 1.52. The predicted octanol–water partition coefficient (Wildman–Crippen LogP) is 0.913. The van der Waals surface area contributed by atoms with Crippen molar-refractivity contribution in [2.24, 2.45) is 0 Å². The predicted molar refractivity (Wildman–Crippen MR) is 46.3 cm³/mol. The molecular formula is C8H10N2O3.